The standard InChI is InChI=1S/C23H28BNO3S/c1-17(26)29-16-19(24-27-22(2,3)23(4,5)28-24)15-18-11-13-21(14-12-18)25-20-9-7-6-8-10-20/h6-15,25H,16H2,1-5H3. The highest BCUT2D eigenvalue weighted by Gasteiger charge is 2.52. The summed E-state index contributed by atoms with van der Waals surface area (Å²) in [6, 6.07) is 18.2. The van der Waals surface area contributed by atoms with Crippen LogP contribution in [0.3, 0.4) is 0 Å². The quantitative estimate of drug-likeness (QED) is 0.618. The van der Waals surface area contributed by atoms with Gasteiger partial charge in [0, 0.05) is 24.1 Å². The Morgan fingerprint density at radius 3 is 2.07 bits per heavy atom. The van der Waals surface area contributed by atoms with Crippen LogP contribution in [-0.2, 0) is 14.1 Å². The Kier molecular flexibility index (Phi) is 6.57. The predicted octanol–water partition coefficient (Wildman–Crippen LogP) is 5.72. The maximum atomic E-state index is 11.5. The van der Waals surface area contributed by atoms with Crippen molar-refractivity contribution >= 4 is 41.4 Å². The summed E-state index contributed by atoms with van der Waals surface area (Å²) in [4.78, 5) is 11.5. The number of thioether (sulfide) groups is 1. The third-order valence-corrected chi connectivity index (χ3v) is 6.21. The van der Waals surface area contributed by atoms with Gasteiger partial charge in [-0.15, -0.1) is 0 Å². The maximum Gasteiger partial charge on any atom is 0.491 e. The molecule has 1 saturated heterocycles. The van der Waals surface area contributed by atoms with Gasteiger partial charge in [-0.3, -0.25) is 4.79 Å². The lowest BCUT2D eigenvalue weighted by molar-refractivity contribution is -0.109. The molecule has 0 aliphatic carbocycles. The van der Waals surface area contributed by atoms with Crippen LogP contribution in [0.1, 0.15) is 40.2 Å². The molecule has 0 amide bonds. The lowest BCUT2D eigenvalue weighted by Gasteiger charge is -2.32. The lowest BCUT2D eigenvalue weighted by Crippen LogP contribution is -2.41. The van der Waals surface area contributed by atoms with Gasteiger partial charge in [-0.05, 0) is 63.0 Å². The molecule has 1 fully saturated rings. The molecule has 152 valence electrons. The molecule has 0 saturated carbocycles. The van der Waals surface area contributed by atoms with Crippen LogP contribution in [0.5, 0.6) is 0 Å². The van der Waals surface area contributed by atoms with E-state index in [4.69, 9.17) is 9.31 Å². The minimum absolute atomic E-state index is 0.0785. The predicted molar refractivity (Wildman–Crippen MR) is 123 cm³/mol. The Labute approximate surface area is 178 Å². The van der Waals surface area contributed by atoms with Crippen LogP contribution in [0.4, 0.5) is 11.4 Å². The summed E-state index contributed by atoms with van der Waals surface area (Å²) in [5.74, 6) is 0.538. The van der Waals surface area contributed by atoms with Crippen molar-refractivity contribution in [1.82, 2.24) is 0 Å². The van der Waals surface area contributed by atoms with Crippen molar-refractivity contribution in [1.29, 1.82) is 0 Å². The highest BCUT2D eigenvalue weighted by atomic mass is 32.2. The Balaban J connectivity index is 1.79. The molecule has 4 nitrogen and oxygen atoms in total. The molecule has 3 rings (SSSR count). The van der Waals surface area contributed by atoms with E-state index in [9.17, 15) is 4.79 Å². The summed E-state index contributed by atoms with van der Waals surface area (Å²) in [5.41, 5.74) is 3.22. The van der Waals surface area contributed by atoms with Gasteiger partial charge in [0.1, 0.15) is 0 Å². The van der Waals surface area contributed by atoms with Gasteiger partial charge in [0.25, 0.3) is 0 Å². The number of carbonyl (C=O) groups excluding carboxylic acids is 1. The minimum Gasteiger partial charge on any atom is -0.400 e. The first-order valence-electron chi connectivity index (χ1n) is 9.78. The first-order chi connectivity index (χ1) is 13.7. The summed E-state index contributed by atoms with van der Waals surface area (Å²) < 4.78 is 12.4. The Morgan fingerprint density at radius 2 is 1.52 bits per heavy atom. The van der Waals surface area contributed by atoms with Crippen molar-refractivity contribution in [3.05, 3.63) is 65.6 Å². The van der Waals surface area contributed by atoms with Crippen LogP contribution >= 0.6 is 11.8 Å². The average Bonchev–Trinajstić information content (AvgIpc) is 2.88. The fourth-order valence-corrected chi connectivity index (χ4v) is 3.51. The Hall–Kier alpha value is -2.02. The molecule has 0 bridgehead atoms. The van der Waals surface area contributed by atoms with Gasteiger partial charge in [-0.2, -0.15) is 0 Å². The first kappa shape index (κ1) is 21.7. The van der Waals surface area contributed by atoms with Crippen molar-refractivity contribution in [2.24, 2.45) is 0 Å². The zero-order valence-electron chi connectivity index (χ0n) is 17.7. The van der Waals surface area contributed by atoms with Gasteiger partial charge in [0.05, 0.1) is 11.2 Å². The van der Waals surface area contributed by atoms with E-state index in [2.05, 4.69) is 23.5 Å². The van der Waals surface area contributed by atoms with Gasteiger partial charge in [-0.25, -0.2) is 0 Å². The number of rotatable bonds is 6. The van der Waals surface area contributed by atoms with Crippen LogP contribution in [0, 0.1) is 0 Å². The molecule has 0 atom stereocenters. The lowest BCUT2D eigenvalue weighted by atomic mass is 9.78. The molecule has 29 heavy (non-hydrogen) atoms. The van der Waals surface area contributed by atoms with Crippen molar-refractivity contribution < 1.29 is 14.1 Å². The van der Waals surface area contributed by atoms with Gasteiger partial charge < -0.3 is 14.6 Å². The van der Waals surface area contributed by atoms with Gasteiger partial charge in [0.15, 0.2) is 5.12 Å². The molecule has 1 aliphatic rings. The average molecular weight is 409 g/mol. The molecule has 0 aromatic heterocycles. The van der Waals surface area contributed by atoms with Gasteiger partial charge in [0.2, 0.25) is 0 Å². The third kappa shape index (κ3) is 5.53. The van der Waals surface area contributed by atoms with E-state index in [1.807, 2.05) is 70.2 Å². The molecular formula is C23H28BNO3S. The summed E-state index contributed by atoms with van der Waals surface area (Å²) in [6.45, 7) is 9.72. The van der Waals surface area contributed by atoms with E-state index in [1.54, 1.807) is 6.92 Å². The monoisotopic (exact) mass is 409 g/mol. The van der Waals surface area contributed by atoms with E-state index in [0.717, 1.165) is 22.4 Å². The van der Waals surface area contributed by atoms with E-state index in [0.29, 0.717) is 5.75 Å². The SMILES string of the molecule is CC(=O)SCC(=Cc1ccc(Nc2ccccc2)cc1)B1OC(C)(C)C(C)(C)O1. The molecule has 6 heteroatoms. The van der Waals surface area contributed by atoms with E-state index >= 15 is 0 Å². The summed E-state index contributed by atoms with van der Waals surface area (Å²) in [7, 11) is -0.464. The van der Waals surface area contributed by atoms with E-state index in [-0.39, 0.29) is 5.12 Å². The summed E-state index contributed by atoms with van der Waals surface area (Å²) >= 11 is 1.27. The molecule has 2 aromatic carbocycles. The Bertz CT molecular complexity index is 863. The smallest absolute Gasteiger partial charge is 0.400 e. The van der Waals surface area contributed by atoms with Crippen LogP contribution in [-0.4, -0.2) is 29.2 Å². The number of para-hydroxylation sites is 1. The number of anilines is 2. The van der Waals surface area contributed by atoms with Crippen molar-refractivity contribution in [2.75, 3.05) is 11.1 Å². The van der Waals surface area contributed by atoms with Crippen molar-refractivity contribution in [3.63, 3.8) is 0 Å². The van der Waals surface area contributed by atoms with Gasteiger partial charge in [-0.1, -0.05) is 48.2 Å². The summed E-state index contributed by atoms with van der Waals surface area (Å²) in [6.07, 6.45) is 2.06. The second-order valence-electron chi connectivity index (χ2n) is 8.20. The van der Waals surface area contributed by atoms with Crippen LogP contribution in [0.15, 0.2) is 60.1 Å². The van der Waals surface area contributed by atoms with E-state index < -0.39 is 18.3 Å². The van der Waals surface area contributed by atoms with Crippen molar-refractivity contribution in [2.45, 2.75) is 45.8 Å². The molecule has 1 heterocycles. The maximum absolute atomic E-state index is 11.5. The molecular weight excluding hydrogens is 381 g/mol. The molecule has 0 unspecified atom stereocenters. The molecule has 0 radical (unpaired) electrons. The largest absolute Gasteiger partial charge is 0.491 e. The van der Waals surface area contributed by atoms with Crippen LogP contribution in [0.25, 0.3) is 6.08 Å². The molecule has 2 aromatic rings. The fourth-order valence-electron chi connectivity index (χ4n) is 2.92. The number of hydrogen-bond donors (Lipinski definition) is 1. The second-order valence-corrected chi connectivity index (χ2v) is 9.35. The van der Waals surface area contributed by atoms with Crippen molar-refractivity contribution in [3.8, 4) is 0 Å². The number of benzene rings is 2. The zero-order chi connectivity index (χ0) is 21.1. The highest BCUT2D eigenvalue weighted by Crippen LogP contribution is 2.39. The third-order valence-electron chi connectivity index (χ3n) is 5.32. The fraction of sp³-hybridized carbons (Fsp3) is 0.348. The summed E-state index contributed by atoms with van der Waals surface area (Å²) in [5, 5.41) is 3.46. The number of nitrogens with one attached hydrogen (secondary N) is 1. The Morgan fingerprint density at radius 1 is 0.966 bits per heavy atom. The number of carbonyl (C=O) groups is 1. The van der Waals surface area contributed by atoms with Crippen LogP contribution in [0.2, 0.25) is 0 Å². The minimum atomic E-state index is -0.464. The molecule has 0 spiro atoms. The van der Waals surface area contributed by atoms with Gasteiger partial charge >= 0.3 is 7.12 Å². The van der Waals surface area contributed by atoms with E-state index in [1.165, 1.54) is 11.8 Å². The highest BCUT2D eigenvalue weighted by molar-refractivity contribution is 8.13. The van der Waals surface area contributed by atoms with Crippen LogP contribution < -0.4 is 5.32 Å². The zero-order valence-corrected chi connectivity index (χ0v) is 18.5. The first-order valence-corrected chi connectivity index (χ1v) is 10.8. The molecule has 1 aliphatic heterocycles. The number of hydrogen-bond acceptors (Lipinski definition) is 5. The molecule has 1 N–H and O–H groups in total. The normalized spacial score (nSPS) is 18.0. The second kappa shape index (κ2) is 8.78. The topological polar surface area (TPSA) is 47.6 Å².